The van der Waals surface area contributed by atoms with E-state index in [1.54, 1.807) is 6.92 Å². The van der Waals surface area contributed by atoms with Gasteiger partial charge in [-0.25, -0.2) is 4.98 Å². The third-order valence-corrected chi connectivity index (χ3v) is 1.46. The minimum Gasteiger partial charge on any atom is -0.448 e. The zero-order chi connectivity index (χ0) is 8.43. The van der Waals surface area contributed by atoms with E-state index in [9.17, 15) is 0 Å². The van der Waals surface area contributed by atoms with Crippen molar-refractivity contribution in [3.05, 3.63) is 17.8 Å². The average molecular weight is 155 g/mol. The molecule has 0 radical (unpaired) electrons. The maximum atomic E-state index is 9.10. The van der Waals surface area contributed by atoms with Crippen molar-refractivity contribution in [3.8, 4) is 0 Å². The van der Waals surface area contributed by atoms with Gasteiger partial charge in [0.25, 0.3) is 0 Å². The monoisotopic (exact) mass is 155 g/mol. The van der Waals surface area contributed by atoms with Gasteiger partial charge in [0.05, 0.1) is 6.10 Å². The Labute approximate surface area is 66.1 Å². The maximum absolute atomic E-state index is 9.10. The Balaban J connectivity index is 2.82. The average Bonchev–Trinajstić information content (AvgIpc) is 2.33. The number of aromatic nitrogens is 1. The van der Waals surface area contributed by atoms with Gasteiger partial charge in [-0.3, -0.25) is 0 Å². The molecule has 0 aliphatic carbocycles. The smallest absolute Gasteiger partial charge is 0.196 e. The predicted molar refractivity (Wildman–Crippen MR) is 41.2 cm³/mol. The van der Waals surface area contributed by atoms with Gasteiger partial charge in [0.2, 0.25) is 0 Å². The molecule has 0 aromatic carbocycles. The van der Waals surface area contributed by atoms with Crippen LogP contribution in [0.25, 0.3) is 0 Å². The van der Waals surface area contributed by atoms with E-state index in [1.165, 1.54) is 6.26 Å². The molecule has 3 heteroatoms. The molecular weight excluding hydrogens is 142 g/mol. The third-order valence-electron chi connectivity index (χ3n) is 1.46. The van der Waals surface area contributed by atoms with Crippen LogP contribution < -0.4 is 0 Å². The van der Waals surface area contributed by atoms with Crippen molar-refractivity contribution in [2.24, 2.45) is 0 Å². The molecule has 0 aliphatic heterocycles. The zero-order valence-corrected chi connectivity index (χ0v) is 7.03. The molecule has 0 spiro atoms. The molecule has 1 N–H and O–H groups in total. The van der Waals surface area contributed by atoms with Gasteiger partial charge >= 0.3 is 0 Å². The Bertz CT molecular complexity index is 205. The second-order valence-electron chi connectivity index (χ2n) is 2.94. The van der Waals surface area contributed by atoms with Crippen LogP contribution in [0.2, 0.25) is 0 Å². The van der Waals surface area contributed by atoms with Crippen LogP contribution in [0.3, 0.4) is 0 Å². The van der Waals surface area contributed by atoms with Crippen molar-refractivity contribution in [3.63, 3.8) is 0 Å². The molecule has 0 saturated heterocycles. The van der Waals surface area contributed by atoms with Crippen molar-refractivity contribution in [1.29, 1.82) is 0 Å². The van der Waals surface area contributed by atoms with Crippen LogP contribution in [0.15, 0.2) is 10.7 Å². The van der Waals surface area contributed by atoms with Gasteiger partial charge in [0.15, 0.2) is 5.89 Å². The summed E-state index contributed by atoms with van der Waals surface area (Å²) in [5, 5.41) is 9.10. The second kappa shape index (κ2) is 3.05. The maximum Gasteiger partial charge on any atom is 0.196 e. The minimum absolute atomic E-state index is 0.280. The highest BCUT2D eigenvalue weighted by atomic mass is 16.3. The Kier molecular flexibility index (Phi) is 2.29. The number of hydrogen-bond acceptors (Lipinski definition) is 3. The standard InChI is InChI=1S/C8H13NO2/c1-5(2)8-9-7(4-11-8)6(3)10/h4-6,10H,1-3H3. The van der Waals surface area contributed by atoms with Crippen molar-refractivity contribution in [2.45, 2.75) is 32.8 Å². The minimum atomic E-state index is -0.536. The van der Waals surface area contributed by atoms with Crippen LogP contribution in [0.5, 0.6) is 0 Å². The summed E-state index contributed by atoms with van der Waals surface area (Å²) in [5.74, 6) is 0.961. The lowest BCUT2D eigenvalue weighted by atomic mass is 10.2. The summed E-state index contributed by atoms with van der Waals surface area (Å²) < 4.78 is 5.12. The molecule has 1 aromatic rings. The molecule has 0 fully saturated rings. The molecule has 11 heavy (non-hydrogen) atoms. The van der Waals surface area contributed by atoms with Crippen LogP contribution in [0.1, 0.15) is 44.4 Å². The highest BCUT2D eigenvalue weighted by Crippen LogP contribution is 2.16. The molecule has 1 heterocycles. The first-order valence-electron chi connectivity index (χ1n) is 3.74. The summed E-state index contributed by atoms with van der Waals surface area (Å²) in [7, 11) is 0. The number of oxazole rings is 1. The van der Waals surface area contributed by atoms with E-state index < -0.39 is 6.10 Å². The van der Waals surface area contributed by atoms with Crippen molar-refractivity contribution in [2.75, 3.05) is 0 Å². The lowest BCUT2D eigenvalue weighted by Crippen LogP contribution is -1.92. The van der Waals surface area contributed by atoms with E-state index in [0.29, 0.717) is 11.6 Å². The molecule has 62 valence electrons. The number of hydrogen-bond donors (Lipinski definition) is 1. The van der Waals surface area contributed by atoms with Gasteiger partial charge in [0, 0.05) is 5.92 Å². The fourth-order valence-corrected chi connectivity index (χ4v) is 0.758. The number of nitrogens with zero attached hydrogens (tertiary/aromatic N) is 1. The molecule has 0 amide bonds. The van der Waals surface area contributed by atoms with E-state index in [2.05, 4.69) is 4.98 Å². The van der Waals surface area contributed by atoms with Crippen LogP contribution >= 0.6 is 0 Å². The molecule has 0 bridgehead atoms. The predicted octanol–water partition coefficient (Wildman–Crippen LogP) is 1.85. The van der Waals surface area contributed by atoms with Crippen molar-refractivity contribution in [1.82, 2.24) is 4.98 Å². The number of aliphatic hydroxyl groups excluding tert-OH is 1. The van der Waals surface area contributed by atoms with Crippen LogP contribution in [-0.2, 0) is 0 Å². The summed E-state index contributed by atoms with van der Waals surface area (Å²) in [6, 6.07) is 0. The van der Waals surface area contributed by atoms with Crippen molar-refractivity contribution >= 4 is 0 Å². The second-order valence-corrected chi connectivity index (χ2v) is 2.94. The lowest BCUT2D eigenvalue weighted by molar-refractivity contribution is 0.194. The molecule has 1 aromatic heterocycles. The van der Waals surface area contributed by atoms with E-state index >= 15 is 0 Å². The van der Waals surface area contributed by atoms with Gasteiger partial charge in [-0.15, -0.1) is 0 Å². The topological polar surface area (TPSA) is 46.3 Å². The molecule has 1 rings (SSSR count). The largest absolute Gasteiger partial charge is 0.448 e. The number of aliphatic hydroxyl groups is 1. The quantitative estimate of drug-likeness (QED) is 0.709. The normalized spacial score (nSPS) is 13.9. The summed E-state index contributed by atoms with van der Waals surface area (Å²) >= 11 is 0. The summed E-state index contributed by atoms with van der Waals surface area (Å²) in [6.07, 6.45) is 0.964. The van der Waals surface area contributed by atoms with E-state index in [0.717, 1.165) is 0 Å². The Morgan fingerprint density at radius 3 is 2.36 bits per heavy atom. The highest BCUT2D eigenvalue weighted by Gasteiger charge is 2.10. The first-order chi connectivity index (χ1) is 5.11. The zero-order valence-electron chi connectivity index (χ0n) is 7.03. The molecule has 3 nitrogen and oxygen atoms in total. The molecule has 0 saturated carbocycles. The van der Waals surface area contributed by atoms with Crippen molar-refractivity contribution < 1.29 is 9.52 Å². The van der Waals surface area contributed by atoms with Crippen LogP contribution in [0, 0.1) is 0 Å². The van der Waals surface area contributed by atoms with Crippen LogP contribution in [0.4, 0.5) is 0 Å². The van der Waals surface area contributed by atoms with Gasteiger partial charge in [-0.05, 0) is 6.92 Å². The summed E-state index contributed by atoms with van der Waals surface area (Å²) in [6.45, 7) is 5.66. The Morgan fingerprint density at radius 2 is 2.09 bits per heavy atom. The lowest BCUT2D eigenvalue weighted by Gasteiger charge is -1.96. The summed E-state index contributed by atoms with van der Waals surface area (Å²) in [4.78, 5) is 4.09. The molecular formula is C8H13NO2. The van der Waals surface area contributed by atoms with Gasteiger partial charge in [-0.2, -0.15) is 0 Å². The first kappa shape index (κ1) is 8.27. The number of rotatable bonds is 2. The molecule has 1 atom stereocenters. The fraction of sp³-hybridized carbons (Fsp3) is 0.625. The first-order valence-corrected chi connectivity index (χ1v) is 3.74. The Morgan fingerprint density at radius 1 is 1.45 bits per heavy atom. The Hall–Kier alpha value is -0.830. The third kappa shape index (κ3) is 1.80. The van der Waals surface area contributed by atoms with E-state index in [1.807, 2.05) is 13.8 Å². The molecule has 1 unspecified atom stereocenters. The van der Waals surface area contributed by atoms with Gasteiger partial charge in [-0.1, -0.05) is 13.8 Å². The van der Waals surface area contributed by atoms with Gasteiger partial charge < -0.3 is 9.52 Å². The van der Waals surface area contributed by atoms with Crippen LogP contribution in [-0.4, -0.2) is 10.1 Å². The SMILES string of the molecule is CC(C)c1nc(C(C)O)co1. The fourth-order valence-electron chi connectivity index (χ4n) is 0.758. The molecule has 0 aliphatic rings. The highest BCUT2D eigenvalue weighted by molar-refractivity contribution is 5.01. The van der Waals surface area contributed by atoms with E-state index in [4.69, 9.17) is 9.52 Å². The summed E-state index contributed by atoms with van der Waals surface area (Å²) in [5.41, 5.74) is 0.605. The van der Waals surface area contributed by atoms with Gasteiger partial charge in [0.1, 0.15) is 12.0 Å². The van der Waals surface area contributed by atoms with E-state index in [-0.39, 0.29) is 5.92 Å².